The number of hydrogen-bond acceptors (Lipinski definition) is 5. The zero-order valence-corrected chi connectivity index (χ0v) is 17.6. The summed E-state index contributed by atoms with van der Waals surface area (Å²) >= 11 is 6.64. The van der Waals surface area contributed by atoms with E-state index in [4.69, 9.17) is 16.3 Å². The lowest BCUT2D eigenvalue weighted by atomic mass is 10.1. The van der Waals surface area contributed by atoms with E-state index < -0.39 is 0 Å². The number of carbonyl (C=O) groups excluding carboxylic acids is 1. The number of rotatable bonds is 5. The molecule has 3 heterocycles. The average Bonchev–Trinajstić information content (AvgIpc) is 3.04. The summed E-state index contributed by atoms with van der Waals surface area (Å²) < 4.78 is 7.11. The van der Waals surface area contributed by atoms with Crippen LogP contribution in [0.4, 0.5) is 5.69 Å². The first-order valence-corrected chi connectivity index (χ1v) is 9.71. The zero-order chi connectivity index (χ0) is 21.3. The van der Waals surface area contributed by atoms with E-state index in [1.165, 1.54) is 6.20 Å². The van der Waals surface area contributed by atoms with Gasteiger partial charge < -0.3 is 14.6 Å². The van der Waals surface area contributed by atoms with Crippen LogP contribution in [-0.2, 0) is 6.54 Å². The van der Waals surface area contributed by atoms with Crippen molar-refractivity contribution in [3.05, 3.63) is 76.6 Å². The standard InChI is InChI=1S/C22H20ClN5O2/c1-13-10-28(11-16-8-14(2)25-12-26-16)21-19(13)20(23)18(9-24-21)22(29)27-15-4-6-17(30-3)7-5-15/h4-10,12H,11H2,1-3H3,(H,27,29). The van der Waals surface area contributed by atoms with Crippen molar-refractivity contribution in [3.8, 4) is 5.75 Å². The number of ether oxygens (including phenoxy) is 1. The molecule has 8 heteroatoms. The Balaban J connectivity index is 1.65. The van der Waals surface area contributed by atoms with Crippen molar-refractivity contribution in [2.45, 2.75) is 20.4 Å². The van der Waals surface area contributed by atoms with Crippen LogP contribution in [-0.4, -0.2) is 32.5 Å². The molecule has 0 unspecified atom stereocenters. The van der Waals surface area contributed by atoms with Crippen molar-refractivity contribution in [3.63, 3.8) is 0 Å². The molecule has 0 aliphatic carbocycles. The summed E-state index contributed by atoms with van der Waals surface area (Å²) in [5.41, 5.74) is 4.38. The topological polar surface area (TPSA) is 81.9 Å². The molecule has 0 aliphatic rings. The number of halogens is 1. The van der Waals surface area contributed by atoms with E-state index in [0.717, 1.165) is 22.3 Å². The second kappa shape index (κ2) is 8.12. The lowest BCUT2D eigenvalue weighted by Gasteiger charge is -2.09. The van der Waals surface area contributed by atoms with E-state index >= 15 is 0 Å². The van der Waals surface area contributed by atoms with Crippen molar-refractivity contribution >= 4 is 34.2 Å². The van der Waals surface area contributed by atoms with Crippen LogP contribution >= 0.6 is 11.6 Å². The minimum Gasteiger partial charge on any atom is -0.497 e. The Morgan fingerprint density at radius 2 is 1.93 bits per heavy atom. The van der Waals surface area contributed by atoms with E-state index in [9.17, 15) is 4.79 Å². The molecule has 30 heavy (non-hydrogen) atoms. The summed E-state index contributed by atoms with van der Waals surface area (Å²) in [6.45, 7) is 4.41. The maximum atomic E-state index is 12.8. The number of amides is 1. The first-order valence-electron chi connectivity index (χ1n) is 9.33. The van der Waals surface area contributed by atoms with Gasteiger partial charge >= 0.3 is 0 Å². The van der Waals surface area contributed by atoms with Crippen LogP contribution in [0.1, 0.15) is 27.3 Å². The van der Waals surface area contributed by atoms with Gasteiger partial charge in [0.2, 0.25) is 0 Å². The Kier molecular flexibility index (Phi) is 5.37. The largest absolute Gasteiger partial charge is 0.497 e. The molecule has 4 rings (SSSR count). The fourth-order valence-corrected chi connectivity index (χ4v) is 3.70. The predicted octanol–water partition coefficient (Wildman–Crippen LogP) is 4.41. The van der Waals surface area contributed by atoms with Gasteiger partial charge in [-0.05, 0) is 49.7 Å². The summed E-state index contributed by atoms with van der Waals surface area (Å²) in [6.07, 6.45) is 5.02. The van der Waals surface area contributed by atoms with Crippen molar-refractivity contribution in [1.29, 1.82) is 0 Å². The number of aromatic nitrogens is 4. The molecule has 1 amide bonds. The third kappa shape index (κ3) is 3.84. The molecule has 3 aromatic heterocycles. The molecule has 0 atom stereocenters. The molecule has 1 N–H and O–H groups in total. The fourth-order valence-electron chi connectivity index (χ4n) is 3.33. The number of nitrogens with one attached hydrogen (secondary N) is 1. The Bertz CT molecular complexity index is 1230. The molecule has 1 aromatic carbocycles. The zero-order valence-electron chi connectivity index (χ0n) is 16.8. The molecular formula is C22H20ClN5O2. The van der Waals surface area contributed by atoms with Crippen molar-refractivity contribution < 1.29 is 9.53 Å². The van der Waals surface area contributed by atoms with Gasteiger partial charge in [-0.1, -0.05) is 11.6 Å². The second-order valence-corrected chi connectivity index (χ2v) is 7.34. The molecule has 4 aromatic rings. The monoisotopic (exact) mass is 421 g/mol. The average molecular weight is 422 g/mol. The molecule has 7 nitrogen and oxygen atoms in total. The quantitative estimate of drug-likeness (QED) is 0.516. The lowest BCUT2D eigenvalue weighted by Crippen LogP contribution is -2.13. The number of pyridine rings is 1. The van der Waals surface area contributed by atoms with Gasteiger partial charge in [-0.25, -0.2) is 15.0 Å². The molecule has 0 saturated carbocycles. The van der Waals surface area contributed by atoms with Crippen LogP contribution in [0.15, 0.2) is 49.1 Å². The molecule has 0 fully saturated rings. The smallest absolute Gasteiger partial charge is 0.258 e. The highest BCUT2D eigenvalue weighted by Gasteiger charge is 2.19. The van der Waals surface area contributed by atoms with Gasteiger partial charge in [-0.3, -0.25) is 4.79 Å². The number of aryl methyl sites for hydroxylation is 2. The Hall–Kier alpha value is -3.45. The van der Waals surface area contributed by atoms with Crippen LogP contribution in [0.25, 0.3) is 11.0 Å². The summed E-state index contributed by atoms with van der Waals surface area (Å²) in [5.74, 6) is 0.392. The van der Waals surface area contributed by atoms with Crippen molar-refractivity contribution in [2.75, 3.05) is 12.4 Å². The highest BCUT2D eigenvalue weighted by atomic mass is 35.5. The maximum absolute atomic E-state index is 12.8. The summed E-state index contributed by atoms with van der Waals surface area (Å²) in [6, 6.07) is 9.01. The van der Waals surface area contributed by atoms with Crippen LogP contribution in [0.2, 0.25) is 5.02 Å². The molecule has 0 bridgehead atoms. The third-order valence-corrected chi connectivity index (χ3v) is 5.19. The predicted molar refractivity (Wildman–Crippen MR) is 116 cm³/mol. The number of methoxy groups -OCH3 is 1. The molecular weight excluding hydrogens is 402 g/mol. The van der Waals surface area contributed by atoms with Crippen LogP contribution in [0.3, 0.4) is 0 Å². The maximum Gasteiger partial charge on any atom is 0.258 e. The molecule has 0 saturated heterocycles. The molecule has 152 valence electrons. The third-order valence-electron chi connectivity index (χ3n) is 4.80. The summed E-state index contributed by atoms with van der Waals surface area (Å²) in [7, 11) is 1.59. The van der Waals surface area contributed by atoms with E-state index in [1.807, 2.05) is 30.7 Å². The van der Waals surface area contributed by atoms with E-state index in [0.29, 0.717) is 34.2 Å². The van der Waals surface area contributed by atoms with Crippen molar-refractivity contribution in [2.24, 2.45) is 0 Å². The van der Waals surface area contributed by atoms with Gasteiger partial charge in [0.15, 0.2) is 0 Å². The molecule has 0 radical (unpaired) electrons. The Morgan fingerprint density at radius 3 is 2.63 bits per heavy atom. The molecule has 0 spiro atoms. The Labute approximate surface area is 178 Å². The van der Waals surface area contributed by atoms with E-state index in [-0.39, 0.29) is 5.91 Å². The highest BCUT2D eigenvalue weighted by molar-refractivity contribution is 6.39. The van der Waals surface area contributed by atoms with Gasteiger partial charge in [-0.2, -0.15) is 0 Å². The number of fused-ring (bicyclic) bond motifs is 1. The second-order valence-electron chi connectivity index (χ2n) is 6.96. The number of carbonyl (C=O) groups is 1. The van der Waals surface area contributed by atoms with Gasteiger partial charge in [0.05, 0.1) is 29.9 Å². The normalized spacial score (nSPS) is 10.9. The van der Waals surface area contributed by atoms with Gasteiger partial charge in [0.25, 0.3) is 5.91 Å². The highest BCUT2D eigenvalue weighted by Crippen LogP contribution is 2.31. The van der Waals surface area contributed by atoms with Crippen LogP contribution in [0.5, 0.6) is 5.75 Å². The Morgan fingerprint density at radius 1 is 1.17 bits per heavy atom. The SMILES string of the molecule is COc1ccc(NC(=O)c2cnc3c(c(C)cn3Cc3cc(C)ncn3)c2Cl)cc1. The van der Waals surface area contributed by atoms with Crippen molar-refractivity contribution in [1.82, 2.24) is 19.5 Å². The minimum absolute atomic E-state index is 0.318. The molecule has 0 aliphatic heterocycles. The van der Waals surface area contributed by atoms with Crippen LogP contribution in [0, 0.1) is 13.8 Å². The van der Waals surface area contributed by atoms with E-state index in [2.05, 4.69) is 20.3 Å². The number of benzene rings is 1. The number of anilines is 1. The summed E-state index contributed by atoms with van der Waals surface area (Å²) in [5, 5.41) is 3.98. The summed E-state index contributed by atoms with van der Waals surface area (Å²) in [4.78, 5) is 25.8. The van der Waals surface area contributed by atoms with Gasteiger partial charge in [-0.15, -0.1) is 0 Å². The lowest BCUT2D eigenvalue weighted by molar-refractivity contribution is 0.102. The van der Waals surface area contributed by atoms with Crippen LogP contribution < -0.4 is 10.1 Å². The van der Waals surface area contributed by atoms with Gasteiger partial charge in [0, 0.05) is 29.2 Å². The van der Waals surface area contributed by atoms with E-state index in [1.54, 1.807) is 37.7 Å². The first kappa shape index (κ1) is 19.8. The minimum atomic E-state index is -0.321. The van der Waals surface area contributed by atoms with Gasteiger partial charge in [0.1, 0.15) is 17.7 Å². The number of hydrogen-bond donors (Lipinski definition) is 1. The fraction of sp³-hybridized carbons (Fsp3) is 0.182. The first-order chi connectivity index (χ1) is 14.5. The number of nitrogens with zero attached hydrogens (tertiary/aromatic N) is 4.